The van der Waals surface area contributed by atoms with Crippen molar-refractivity contribution in [3.63, 3.8) is 0 Å². The Balaban J connectivity index is 1.95. The van der Waals surface area contributed by atoms with Crippen molar-refractivity contribution in [2.75, 3.05) is 0 Å². The predicted molar refractivity (Wildman–Crippen MR) is 72.2 cm³/mol. The summed E-state index contributed by atoms with van der Waals surface area (Å²) in [5.41, 5.74) is 0.537. The second kappa shape index (κ2) is 5.20. The lowest BCUT2D eigenvalue weighted by Crippen LogP contribution is -2.25. The molecule has 7 heteroatoms. The molecule has 6 nitrogen and oxygen atoms in total. The molecular formula is C14H10FN3O3. The lowest BCUT2D eigenvalue weighted by atomic mass is 10.1. The number of hydrogen-bond acceptors (Lipinski definition) is 4. The highest BCUT2D eigenvalue weighted by molar-refractivity contribution is 6.05. The lowest BCUT2D eigenvalue weighted by Gasteiger charge is -2.06. The van der Waals surface area contributed by atoms with Gasteiger partial charge in [0.15, 0.2) is 0 Å². The van der Waals surface area contributed by atoms with Gasteiger partial charge in [-0.25, -0.2) is 4.39 Å². The molecular weight excluding hydrogens is 277 g/mol. The number of fused-ring (bicyclic) bond motifs is 1. The first-order chi connectivity index (χ1) is 10.1. The third-order valence-corrected chi connectivity index (χ3v) is 2.97. The van der Waals surface area contributed by atoms with Crippen LogP contribution < -0.4 is 10.9 Å². The number of amides is 1. The number of benzene rings is 1. The van der Waals surface area contributed by atoms with Crippen molar-refractivity contribution in [2.24, 2.45) is 0 Å². The minimum atomic E-state index is -0.488. The normalized spacial score (nSPS) is 10.7. The van der Waals surface area contributed by atoms with Crippen LogP contribution in [0.2, 0.25) is 0 Å². The van der Waals surface area contributed by atoms with Crippen molar-refractivity contribution in [3.05, 3.63) is 64.0 Å². The van der Waals surface area contributed by atoms with Gasteiger partial charge in [-0.2, -0.15) is 0 Å². The first-order valence-electron chi connectivity index (χ1n) is 6.13. The Kier molecular flexibility index (Phi) is 3.23. The summed E-state index contributed by atoms with van der Waals surface area (Å²) in [5, 5.41) is 6.76. The van der Waals surface area contributed by atoms with Gasteiger partial charge in [-0.1, -0.05) is 5.16 Å². The monoisotopic (exact) mass is 287 g/mol. The molecule has 106 valence electrons. The number of carbonyl (C=O) groups excluding carboxylic acids is 1. The molecule has 0 aliphatic heterocycles. The van der Waals surface area contributed by atoms with Gasteiger partial charge in [0.05, 0.1) is 17.6 Å². The van der Waals surface area contributed by atoms with Crippen LogP contribution in [0.4, 0.5) is 4.39 Å². The first kappa shape index (κ1) is 13.0. The van der Waals surface area contributed by atoms with Gasteiger partial charge in [0.25, 0.3) is 5.91 Å². The van der Waals surface area contributed by atoms with E-state index in [0.717, 1.165) is 0 Å². The molecule has 3 aromatic rings. The zero-order valence-electron chi connectivity index (χ0n) is 10.7. The van der Waals surface area contributed by atoms with Crippen molar-refractivity contribution >= 4 is 16.8 Å². The molecule has 2 aromatic heterocycles. The molecule has 0 radical (unpaired) electrons. The minimum absolute atomic E-state index is 0.171. The highest BCUT2D eigenvalue weighted by Crippen LogP contribution is 2.16. The summed E-state index contributed by atoms with van der Waals surface area (Å²) in [6.45, 7) is 0.171. The maximum atomic E-state index is 13.2. The van der Waals surface area contributed by atoms with Gasteiger partial charge in [-0.05, 0) is 18.2 Å². The number of carbonyl (C=O) groups is 1. The predicted octanol–water partition coefficient (Wildman–Crippen LogP) is 1.59. The fraction of sp³-hybridized carbons (Fsp3) is 0.0714. The Bertz CT molecular complexity index is 856. The third kappa shape index (κ3) is 2.66. The van der Waals surface area contributed by atoms with Gasteiger partial charge in [-0.3, -0.25) is 9.59 Å². The van der Waals surface area contributed by atoms with E-state index in [1.165, 1.54) is 30.5 Å². The van der Waals surface area contributed by atoms with Crippen molar-refractivity contribution in [1.29, 1.82) is 0 Å². The molecule has 0 saturated carbocycles. The molecule has 0 spiro atoms. The maximum absolute atomic E-state index is 13.2. The Hall–Kier alpha value is -2.96. The smallest absolute Gasteiger partial charge is 0.252 e. The summed E-state index contributed by atoms with van der Waals surface area (Å²) >= 11 is 0. The number of hydrogen-bond donors (Lipinski definition) is 2. The second-order valence-electron chi connectivity index (χ2n) is 4.41. The zero-order chi connectivity index (χ0) is 14.8. The summed E-state index contributed by atoms with van der Waals surface area (Å²) in [7, 11) is 0. The summed E-state index contributed by atoms with van der Waals surface area (Å²) in [4.78, 5) is 26.2. The van der Waals surface area contributed by atoms with E-state index in [1.54, 1.807) is 6.07 Å². The number of rotatable bonds is 3. The van der Waals surface area contributed by atoms with Gasteiger partial charge in [-0.15, -0.1) is 0 Å². The average Bonchev–Trinajstić information content (AvgIpc) is 2.96. The molecule has 1 amide bonds. The van der Waals surface area contributed by atoms with Crippen LogP contribution >= 0.6 is 0 Å². The standard InChI is InChI=1S/C14H10FN3O3/c15-8-1-2-10-11(6-13(19)17-12(10)5-8)14(20)16-7-9-3-4-21-18-9/h1-6H,7H2,(H,16,20)(H,17,19). The van der Waals surface area contributed by atoms with Gasteiger partial charge in [0.1, 0.15) is 17.8 Å². The van der Waals surface area contributed by atoms with Crippen LogP contribution in [0.1, 0.15) is 16.1 Å². The molecule has 2 heterocycles. The molecule has 2 N–H and O–H groups in total. The first-order valence-corrected chi connectivity index (χ1v) is 6.13. The second-order valence-corrected chi connectivity index (χ2v) is 4.41. The highest BCUT2D eigenvalue weighted by atomic mass is 19.1. The van der Waals surface area contributed by atoms with E-state index in [-0.39, 0.29) is 17.6 Å². The number of H-pyrrole nitrogens is 1. The number of nitrogens with zero attached hydrogens (tertiary/aromatic N) is 1. The van der Waals surface area contributed by atoms with Crippen LogP contribution in [0.25, 0.3) is 10.9 Å². The van der Waals surface area contributed by atoms with Crippen molar-refractivity contribution in [1.82, 2.24) is 15.5 Å². The van der Waals surface area contributed by atoms with Gasteiger partial charge >= 0.3 is 0 Å². The topological polar surface area (TPSA) is 88.0 Å². The van der Waals surface area contributed by atoms with Crippen LogP contribution in [-0.2, 0) is 6.54 Å². The van der Waals surface area contributed by atoms with Crippen molar-refractivity contribution in [2.45, 2.75) is 6.54 Å². The summed E-state index contributed by atoms with van der Waals surface area (Å²) in [5.74, 6) is -0.931. The summed E-state index contributed by atoms with van der Waals surface area (Å²) < 4.78 is 17.9. The van der Waals surface area contributed by atoms with E-state index in [1.807, 2.05) is 0 Å². The third-order valence-electron chi connectivity index (χ3n) is 2.97. The van der Waals surface area contributed by atoms with E-state index in [0.29, 0.717) is 11.1 Å². The van der Waals surface area contributed by atoms with Crippen LogP contribution in [0.5, 0.6) is 0 Å². The van der Waals surface area contributed by atoms with Crippen molar-refractivity contribution < 1.29 is 13.7 Å². The Morgan fingerprint density at radius 2 is 2.19 bits per heavy atom. The molecule has 0 fully saturated rings. The van der Waals surface area contributed by atoms with E-state index in [4.69, 9.17) is 0 Å². The van der Waals surface area contributed by atoms with Gasteiger partial charge < -0.3 is 14.8 Å². The molecule has 0 unspecified atom stereocenters. The van der Waals surface area contributed by atoms with E-state index in [9.17, 15) is 14.0 Å². The molecule has 0 aliphatic rings. The molecule has 0 saturated heterocycles. The van der Waals surface area contributed by atoms with Gasteiger partial charge in [0, 0.05) is 17.5 Å². The quantitative estimate of drug-likeness (QED) is 0.765. The van der Waals surface area contributed by atoms with Crippen LogP contribution in [0.15, 0.2) is 45.9 Å². The summed E-state index contributed by atoms with van der Waals surface area (Å²) in [6, 6.07) is 6.65. The molecule has 0 atom stereocenters. The van der Waals surface area contributed by atoms with E-state index in [2.05, 4.69) is 20.0 Å². The number of aromatic nitrogens is 2. The van der Waals surface area contributed by atoms with Gasteiger partial charge in [0.2, 0.25) is 5.56 Å². The molecule has 21 heavy (non-hydrogen) atoms. The van der Waals surface area contributed by atoms with Crippen LogP contribution in [0.3, 0.4) is 0 Å². The maximum Gasteiger partial charge on any atom is 0.252 e. The minimum Gasteiger partial charge on any atom is -0.364 e. The SMILES string of the molecule is O=C(NCc1ccon1)c1cc(=O)[nH]c2cc(F)ccc12. The Morgan fingerprint density at radius 3 is 2.95 bits per heavy atom. The van der Waals surface area contributed by atoms with Crippen molar-refractivity contribution in [3.8, 4) is 0 Å². The highest BCUT2D eigenvalue weighted by Gasteiger charge is 2.12. The fourth-order valence-electron chi connectivity index (χ4n) is 2.02. The average molecular weight is 287 g/mol. The largest absolute Gasteiger partial charge is 0.364 e. The van der Waals surface area contributed by atoms with E-state index >= 15 is 0 Å². The number of halogens is 1. The molecule has 0 aliphatic carbocycles. The Labute approximate surface area is 117 Å². The van der Waals surface area contributed by atoms with Crippen LogP contribution in [0, 0.1) is 5.82 Å². The molecule has 1 aromatic carbocycles. The van der Waals surface area contributed by atoms with Crippen LogP contribution in [-0.4, -0.2) is 16.0 Å². The summed E-state index contributed by atoms with van der Waals surface area (Å²) in [6.07, 6.45) is 1.40. The lowest BCUT2D eigenvalue weighted by molar-refractivity contribution is 0.0951. The molecule has 0 bridgehead atoms. The molecule has 3 rings (SSSR count). The number of nitrogens with one attached hydrogen (secondary N) is 2. The number of aromatic amines is 1. The fourth-order valence-corrected chi connectivity index (χ4v) is 2.02. The number of pyridine rings is 1. The Morgan fingerprint density at radius 1 is 1.33 bits per heavy atom. The zero-order valence-corrected chi connectivity index (χ0v) is 10.7. The van der Waals surface area contributed by atoms with E-state index < -0.39 is 17.3 Å².